The summed E-state index contributed by atoms with van der Waals surface area (Å²) in [6, 6.07) is 5.43. The fourth-order valence-corrected chi connectivity index (χ4v) is 2.10. The van der Waals surface area contributed by atoms with Crippen LogP contribution in [0.3, 0.4) is 0 Å². The van der Waals surface area contributed by atoms with Gasteiger partial charge in [0, 0.05) is 17.2 Å². The van der Waals surface area contributed by atoms with E-state index in [-0.39, 0.29) is 11.4 Å². The molecule has 1 rings (SSSR count). The maximum absolute atomic E-state index is 11.8. The van der Waals surface area contributed by atoms with Crippen molar-refractivity contribution in [3.63, 3.8) is 0 Å². The van der Waals surface area contributed by atoms with Crippen LogP contribution in [0.25, 0.3) is 6.08 Å². The molecular weight excluding hydrogens is 314 g/mol. The smallest absolute Gasteiger partial charge is 0.262 e. The van der Waals surface area contributed by atoms with Gasteiger partial charge in [0.2, 0.25) is 0 Å². The number of hydrogen-bond acceptors (Lipinski definition) is 4. The van der Waals surface area contributed by atoms with Crippen LogP contribution in [0.2, 0.25) is 0 Å². The third kappa shape index (κ3) is 6.56. The first kappa shape index (κ1) is 18.8. The van der Waals surface area contributed by atoms with Gasteiger partial charge in [0.1, 0.15) is 0 Å². The summed E-state index contributed by atoms with van der Waals surface area (Å²) in [6.45, 7) is 5.91. The lowest BCUT2D eigenvalue weighted by atomic mass is 10.1. The largest absolute Gasteiger partial charge is 0.493 e. The number of benzene rings is 1. The lowest BCUT2D eigenvalue weighted by Gasteiger charge is -2.22. The van der Waals surface area contributed by atoms with Gasteiger partial charge < -0.3 is 14.8 Å². The zero-order valence-corrected chi connectivity index (χ0v) is 14.8. The highest BCUT2D eigenvalue weighted by atomic mass is 32.1. The number of hydrogen-bond donors (Lipinski definition) is 3. The van der Waals surface area contributed by atoms with Crippen LogP contribution >= 0.6 is 12.2 Å². The molecule has 0 fully saturated rings. The minimum atomic E-state index is -0.340. The number of thiocarbonyl (C=S) groups is 1. The Bertz CT molecular complexity index is 595. The maximum Gasteiger partial charge on any atom is 0.262 e. The van der Waals surface area contributed by atoms with Gasteiger partial charge in [-0.3, -0.25) is 15.6 Å². The molecule has 126 valence electrons. The van der Waals surface area contributed by atoms with Crippen LogP contribution in [0.5, 0.6) is 11.5 Å². The first-order valence-electron chi connectivity index (χ1n) is 7.04. The van der Waals surface area contributed by atoms with E-state index in [0.29, 0.717) is 16.6 Å². The summed E-state index contributed by atoms with van der Waals surface area (Å²) in [5.41, 5.74) is 5.68. The SMILES string of the molecule is COc1cccc(/C=C/C(=O)NNC(=S)NC(C)(C)C)c1OC. The molecule has 0 saturated carbocycles. The minimum absolute atomic E-state index is 0.182. The van der Waals surface area contributed by atoms with Crippen molar-refractivity contribution in [3.8, 4) is 11.5 Å². The number of amides is 1. The Labute approximate surface area is 142 Å². The van der Waals surface area contributed by atoms with Crippen LogP contribution in [-0.2, 0) is 4.79 Å². The number of carbonyl (C=O) groups is 1. The average molecular weight is 337 g/mol. The molecule has 0 saturated heterocycles. The van der Waals surface area contributed by atoms with Crippen molar-refractivity contribution >= 4 is 29.3 Å². The monoisotopic (exact) mass is 337 g/mol. The van der Waals surface area contributed by atoms with E-state index >= 15 is 0 Å². The number of nitrogens with one attached hydrogen (secondary N) is 3. The first-order chi connectivity index (χ1) is 10.8. The summed E-state index contributed by atoms with van der Waals surface area (Å²) in [7, 11) is 3.11. The maximum atomic E-state index is 11.8. The van der Waals surface area contributed by atoms with Gasteiger partial charge in [-0.1, -0.05) is 12.1 Å². The van der Waals surface area contributed by atoms with Gasteiger partial charge in [-0.2, -0.15) is 0 Å². The van der Waals surface area contributed by atoms with E-state index < -0.39 is 0 Å². The topological polar surface area (TPSA) is 71.6 Å². The third-order valence-electron chi connectivity index (χ3n) is 2.64. The molecule has 0 atom stereocenters. The van der Waals surface area contributed by atoms with E-state index in [2.05, 4.69) is 16.2 Å². The van der Waals surface area contributed by atoms with E-state index in [1.165, 1.54) is 6.08 Å². The molecule has 3 N–H and O–H groups in total. The Kier molecular flexibility index (Phi) is 6.84. The van der Waals surface area contributed by atoms with Crippen molar-refractivity contribution in [1.82, 2.24) is 16.2 Å². The molecule has 0 radical (unpaired) electrons. The van der Waals surface area contributed by atoms with Crippen molar-refractivity contribution in [2.24, 2.45) is 0 Å². The van der Waals surface area contributed by atoms with E-state index in [9.17, 15) is 4.79 Å². The number of methoxy groups -OCH3 is 2. The minimum Gasteiger partial charge on any atom is -0.493 e. The van der Waals surface area contributed by atoms with E-state index in [0.717, 1.165) is 5.56 Å². The summed E-state index contributed by atoms with van der Waals surface area (Å²) in [5, 5.41) is 3.37. The van der Waals surface area contributed by atoms with Crippen molar-refractivity contribution in [1.29, 1.82) is 0 Å². The molecule has 0 aromatic heterocycles. The van der Waals surface area contributed by atoms with E-state index in [1.807, 2.05) is 32.9 Å². The molecule has 1 aromatic rings. The fraction of sp³-hybridized carbons (Fsp3) is 0.375. The highest BCUT2D eigenvalue weighted by Gasteiger charge is 2.11. The van der Waals surface area contributed by atoms with Gasteiger partial charge in [-0.15, -0.1) is 0 Å². The predicted octanol–water partition coefficient (Wildman–Crippen LogP) is 2.01. The van der Waals surface area contributed by atoms with Crippen molar-refractivity contribution in [2.45, 2.75) is 26.3 Å². The highest BCUT2D eigenvalue weighted by molar-refractivity contribution is 7.80. The van der Waals surface area contributed by atoms with Crippen LogP contribution in [0.15, 0.2) is 24.3 Å². The molecule has 0 aliphatic rings. The quantitative estimate of drug-likeness (QED) is 0.443. The molecular formula is C16H23N3O3S. The molecule has 1 aromatic carbocycles. The Morgan fingerprint density at radius 1 is 1.17 bits per heavy atom. The van der Waals surface area contributed by atoms with Gasteiger partial charge in [0.15, 0.2) is 16.6 Å². The second kappa shape index (κ2) is 8.38. The normalized spacial score (nSPS) is 11.0. The number of carbonyl (C=O) groups excluding carboxylic acids is 1. The summed E-state index contributed by atoms with van der Waals surface area (Å²) in [4.78, 5) is 11.8. The van der Waals surface area contributed by atoms with Gasteiger partial charge >= 0.3 is 0 Å². The second-order valence-electron chi connectivity index (χ2n) is 5.73. The second-order valence-corrected chi connectivity index (χ2v) is 6.14. The van der Waals surface area contributed by atoms with Crippen LogP contribution in [0.1, 0.15) is 26.3 Å². The summed E-state index contributed by atoms with van der Waals surface area (Å²) in [5.74, 6) is 0.827. The molecule has 7 heteroatoms. The number of hydrazine groups is 1. The Balaban J connectivity index is 2.64. The van der Waals surface area contributed by atoms with Crippen LogP contribution < -0.4 is 25.6 Å². The highest BCUT2D eigenvalue weighted by Crippen LogP contribution is 2.31. The Hall–Kier alpha value is -2.28. The molecule has 6 nitrogen and oxygen atoms in total. The van der Waals surface area contributed by atoms with Gasteiger partial charge in [-0.25, -0.2) is 0 Å². The lowest BCUT2D eigenvalue weighted by Crippen LogP contribution is -2.51. The van der Waals surface area contributed by atoms with Crippen molar-refractivity contribution in [2.75, 3.05) is 14.2 Å². The molecule has 0 heterocycles. The zero-order valence-electron chi connectivity index (χ0n) is 14.0. The Morgan fingerprint density at radius 2 is 1.87 bits per heavy atom. The molecule has 0 aliphatic carbocycles. The fourth-order valence-electron chi connectivity index (χ4n) is 1.74. The molecule has 23 heavy (non-hydrogen) atoms. The molecule has 0 bridgehead atoms. The van der Waals surface area contributed by atoms with Crippen LogP contribution in [0, 0.1) is 0 Å². The van der Waals surface area contributed by atoms with Crippen LogP contribution in [-0.4, -0.2) is 30.8 Å². The standard InChI is InChI=1S/C16H23N3O3S/c1-16(2,3)17-15(23)19-18-13(20)10-9-11-7-6-8-12(21-4)14(11)22-5/h6-10H,1-5H3,(H,18,20)(H2,17,19,23)/b10-9+. The zero-order chi connectivity index (χ0) is 17.5. The van der Waals surface area contributed by atoms with Crippen molar-refractivity contribution in [3.05, 3.63) is 29.8 Å². The third-order valence-corrected chi connectivity index (χ3v) is 2.84. The lowest BCUT2D eigenvalue weighted by molar-refractivity contribution is -0.117. The first-order valence-corrected chi connectivity index (χ1v) is 7.45. The molecule has 0 spiro atoms. The van der Waals surface area contributed by atoms with Gasteiger partial charge in [-0.05, 0) is 45.1 Å². The number of rotatable bonds is 4. The Morgan fingerprint density at radius 3 is 2.43 bits per heavy atom. The average Bonchev–Trinajstić information content (AvgIpc) is 2.48. The van der Waals surface area contributed by atoms with Crippen molar-refractivity contribution < 1.29 is 14.3 Å². The van der Waals surface area contributed by atoms with E-state index in [1.54, 1.807) is 26.4 Å². The molecule has 1 amide bonds. The molecule has 0 aliphatic heterocycles. The van der Waals surface area contributed by atoms with E-state index in [4.69, 9.17) is 21.7 Å². The number of ether oxygens (including phenoxy) is 2. The van der Waals surface area contributed by atoms with Crippen LogP contribution in [0.4, 0.5) is 0 Å². The van der Waals surface area contributed by atoms with Gasteiger partial charge in [0.05, 0.1) is 14.2 Å². The summed E-state index contributed by atoms with van der Waals surface area (Å²) < 4.78 is 10.5. The summed E-state index contributed by atoms with van der Waals surface area (Å²) >= 11 is 5.07. The predicted molar refractivity (Wildman–Crippen MR) is 95.3 cm³/mol. The number of para-hydroxylation sites is 1. The molecule has 0 unspecified atom stereocenters. The van der Waals surface area contributed by atoms with Gasteiger partial charge in [0.25, 0.3) is 5.91 Å². The summed E-state index contributed by atoms with van der Waals surface area (Å²) in [6.07, 6.45) is 3.02.